The third kappa shape index (κ3) is 3.32. The molecule has 8 nitrogen and oxygen atoms in total. The summed E-state index contributed by atoms with van der Waals surface area (Å²) in [4.78, 5) is 38.9. The maximum Gasteiger partial charge on any atom is 0.340 e. The largest absolute Gasteiger partial charge is 0.466 e. The molecule has 0 radical (unpaired) electrons. The molecule has 1 atom stereocenters. The van der Waals surface area contributed by atoms with E-state index in [2.05, 4.69) is 4.98 Å². The first-order valence-electron chi connectivity index (χ1n) is 7.09. The van der Waals surface area contributed by atoms with Crippen LogP contribution in [0.4, 0.5) is 0 Å². The van der Waals surface area contributed by atoms with Gasteiger partial charge in [0.05, 0.1) is 23.2 Å². The van der Waals surface area contributed by atoms with E-state index in [1.165, 1.54) is 31.6 Å². The number of carbonyl (C=O) groups excluding carboxylic acids is 2. The second-order valence-corrected chi connectivity index (χ2v) is 5.31. The zero-order chi connectivity index (χ0) is 17.9. The number of nitro groups is 1. The molecule has 24 heavy (non-hydrogen) atoms. The summed E-state index contributed by atoms with van der Waals surface area (Å²) in [6.45, 7) is 3.22. The quantitative estimate of drug-likeness (QED) is 0.471. The van der Waals surface area contributed by atoms with Crippen molar-refractivity contribution in [2.75, 3.05) is 7.11 Å². The van der Waals surface area contributed by atoms with E-state index >= 15 is 0 Å². The van der Waals surface area contributed by atoms with Gasteiger partial charge >= 0.3 is 11.9 Å². The van der Waals surface area contributed by atoms with Crippen LogP contribution in [0.5, 0.6) is 0 Å². The van der Waals surface area contributed by atoms with Crippen molar-refractivity contribution in [1.29, 1.82) is 0 Å². The SMILES string of the molecule is COC(=O)C1=C(C)CC(C)=C([N+](=O)[O-])[C@H]1OC(=O)c1cccnc1. The third-order valence-corrected chi connectivity index (χ3v) is 3.66. The molecule has 1 aliphatic rings. The summed E-state index contributed by atoms with van der Waals surface area (Å²) in [6.07, 6.45) is 1.58. The fourth-order valence-corrected chi connectivity index (χ4v) is 2.58. The van der Waals surface area contributed by atoms with Crippen LogP contribution in [0, 0.1) is 10.1 Å². The van der Waals surface area contributed by atoms with Crippen LogP contribution in [0.2, 0.25) is 0 Å². The molecule has 0 aromatic carbocycles. The minimum Gasteiger partial charge on any atom is -0.466 e. The van der Waals surface area contributed by atoms with Gasteiger partial charge in [0.2, 0.25) is 6.10 Å². The molecule has 1 heterocycles. The first-order chi connectivity index (χ1) is 11.4. The Hall–Kier alpha value is -3.03. The number of nitrogens with zero attached hydrogens (tertiary/aromatic N) is 2. The van der Waals surface area contributed by atoms with Gasteiger partial charge in [0.25, 0.3) is 5.70 Å². The van der Waals surface area contributed by atoms with E-state index in [9.17, 15) is 19.7 Å². The minimum absolute atomic E-state index is 0.0213. The summed E-state index contributed by atoms with van der Waals surface area (Å²) in [5, 5.41) is 11.4. The molecule has 0 spiro atoms. The number of esters is 2. The summed E-state index contributed by atoms with van der Waals surface area (Å²) in [5.74, 6) is -1.57. The highest BCUT2D eigenvalue weighted by Crippen LogP contribution is 2.33. The van der Waals surface area contributed by atoms with Gasteiger partial charge in [0.15, 0.2) is 0 Å². The van der Waals surface area contributed by atoms with Crippen LogP contribution >= 0.6 is 0 Å². The number of hydrogen-bond donors (Lipinski definition) is 0. The molecule has 1 aliphatic carbocycles. The van der Waals surface area contributed by atoms with Gasteiger partial charge in [-0.15, -0.1) is 0 Å². The predicted octanol–water partition coefficient (Wildman–Crippen LogP) is 2.05. The number of allylic oxidation sites excluding steroid dienone is 2. The van der Waals surface area contributed by atoms with Crippen LogP contribution in [0.3, 0.4) is 0 Å². The summed E-state index contributed by atoms with van der Waals surface area (Å²) >= 11 is 0. The average molecular weight is 332 g/mol. The molecule has 1 aromatic rings. The number of rotatable bonds is 4. The maximum absolute atomic E-state index is 12.3. The normalized spacial score (nSPS) is 17.5. The van der Waals surface area contributed by atoms with Gasteiger partial charge in [-0.05, 0) is 32.4 Å². The number of aromatic nitrogens is 1. The lowest BCUT2D eigenvalue weighted by Crippen LogP contribution is -2.34. The van der Waals surface area contributed by atoms with Crippen molar-refractivity contribution in [2.24, 2.45) is 0 Å². The Balaban J connectivity index is 2.45. The first kappa shape index (κ1) is 17.3. The molecule has 0 saturated carbocycles. The molecule has 8 heteroatoms. The van der Waals surface area contributed by atoms with Crippen molar-refractivity contribution in [3.8, 4) is 0 Å². The highest BCUT2D eigenvalue weighted by molar-refractivity contribution is 5.94. The molecule has 0 aliphatic heterocycles. The molecule has 0 unspecified atom stereocenters. The second-order valence-electron chi connectivity index (χ2n) is 5.31. The molecule has 1 aromatic heterocycles. The predicted molar refractivity (Wildman–Crippen MR) is 82.5 cm³/mol. The monoisotopic (exact) mass is 332 g/mol. The highest BCUT2D eigenvalue weighted by Gasteiger charge is 2.42. The topological polar surface area (TPSA) is 109 Å². The van der Waals surface area contributed by atoms with Gasteiger partial charge in [-0.2, -0.15) is 0 Å². The summed E-state index contributed by atoms with van der Waals surface area (Å²) in [6, 6.07) is 3.00. The van der Waals surface area contributed by atoms with Crippen LogP contribution in [-0.2, 0) is 14.3 Å². The van der Waals surface area contributed by atoms with Gasteiger partial charge in [0, 0.05) is 18.0 Å². The summed E-state index contributed by atoms with van der Waals surface area (Å²) < 4.78 is 9.99. The van der Waals surface area contributed by atoms with Crippen LogP contribution in [0.15, 0.2) is 46.9 Å². The minimum atomic E-state index is -1.42. The van der Waals surface area contributed by atoms with E-state index < -0.39 is 23.0 Å². The lowest BCUT2D eigenvalue weighted by molar-refractivity contribution is -0.435. The fraction of sp³-hybridized carbons (Fsp3) is 0.312. The van der Waals surface area contributed by atoms with Crippen LogP contribution in [0.25, 0.3) is 0 Å². The van der Waals surface area contributed by atoms with E-state index in [4.69, 9.17) is 9.47 Å². The number of ether oxygens (including phenoxy) is 2. The Labute approximate surface area is 137 Å². The molecule has 126 valence electrons. The zero-order valence-corrected chi connectivity index (χ0v) is 13.4. The Bertz CT molecular complexity index is 751. The number of carbonyl (C=O) groups is 2. The Kier molecular flexibility index (Phi) is 5.08. The van der Waals surface area contributed by atoms with Crippen molar-refractivity contribution in [3.63, 3.8) is 0 Å². The first-order valence-corrected chi connectivity index (χ1v) is 7.09. The molecule has 0 bridgehead atoms. The molecule has 0 fully saturated rings. The molecule has 0 N–H and O–H groups in total. The van der Waals surface area contributed by atoms with Crippen molar-refractivity contribution < 1.29 is 24.0 Å². The fourth-order valence-electron chi connectivity index (χ4n) is 2.58. The van der Waals surface area contributed by atoms with Crippen LogP contribution in [0.1, 0.15) is 30.6 Å². The number of pyridine rings is 1. The number of methoxy groups -OCH3 is 1. The van der Waals surface area contributed by atoms with Gasteiger partial charge < -0.3 is 9.47 Å². The molecule has 2 rings (SSSR count). The summed E-state index contributed by atoms with van der Waals surface area (Å²) in [5.41, 5.74) is 0.777. The Morgan fingerprint density at radius 2 is 2.00 bits per heavy atom. The van der Waals surface area contributed by atoms with Crippen molar-refractivity contribution in [1.82, 2.24) is 4.98 Å². The van der Waals surface area contributed by atoms with Crippen LogP contribution in [-0.4, -0.2) is 35.1 Å². The van der Waals surface area contributed by atoms with E-state index in [1.54, 1.807) is 13.8 Å². The third-order valence-electron chi connectivity index (χ3n) is 3.66. The lowest BCUT2D eigenvalue weighted by atomic mass is 9.88. The van der Waals surface area contributed by atoms with Crippen molar-refractivity contribution in [2.45, 2.75) is 26.4 Å². The Morgan fingerprint density at radius 1 is 1.29 bits per heavy atom. The molecule has 0 amide bonds. The average Bonchev–Trinajstić information content (AvgIpc) is 2.54. The van der Waals surface area contributed by atoms with Crippen molar-refractivity contribution in [3.05, 3.63) is 62.6 Å². The van der Waals surface area contributed by atoms with E-state index in [-0.39, 0.29) is 23.3 Å². The maximum atomic E-state index is 12.3. The summed E-state index contributed by atoms with van der Waals surface area (Å²) in [7, 11) is 1.17. The van der Waals surface area contributed by atoms with Gasteiger partial charge in [-0.3, -0.25) is 15.1 Å². The zero-order valence-electron chi connectivity index (χ0n) is 13.4. The molecule has 0 saturated heterocycles. The van der Waals surface area contributed by atoms with Gasteiger partial charge in [-0.1, -0.05) is 5.57 Å². The standard InChI is InChI=1S/C16H16N2O6/c1-9-7-10(2)13(18(21)22)14(12(9)16(20)23-3)24-15(19)11-5-4-6-17-8-11/h4-6,8,14H,7H2,1-3H3/t14-/m0/s1. The van der Waals surface area contributed by atoms with E-state index in [0.717, 1.165) is 0 Å². The van der Waals surface area contributed by atoms with E-state index in [1.807, 2.05) is 0 Å². The lowest BCUT2D eigenvalue weighted by Gasteiger charge is -2.24. The molecular formula is C16H16N2O6. The van der Waals surface area contributed by atoms with Crippen molar-refractivity contribution >= 4 is 11.9 Å². The molecular weight excluding hydrogens is 316 g/mol. The van der Waals surface area contributed by atoms with Crippen LogP contribution < -0.4 is 0 Å². The highest BCUT2D eigenvalue weighted by atomic mass is 16.6. The van der Waals surface area contributed by atoms with Gasteiger partial charge in [0.1, 0.15) is 0 Å². The number of hydrogen-bond acceptors (Lipinski definition) is 7. The second kappa shape index (κ2) is 7.03. The van der Waals surface area contributed by atoms with Gasteiger partial charge in [-0.25, -0.2) is 9.59 Å². The van der Waals surface area contributed by atoms with E-state index in [0.29, 0.717) is 11.1 Å². The Morgan fingerprint density at radius 3 is 2.54 bits per heavy atom. The smallest absolute Gasteiger partial charge is 0.340 e.